The summed E-state index contributed by atoms with van der Waals surface area (Å²) in [5.74, 6) is 0. The van der Waals surface area contributed by atoms with E-state index in [1.54, 1.807) is 0 Å². The lowest BCUT2D eigenvalue weighted by molar-refractivity contribution is 0.561. The minimum atomic E-state index is 0.640. The van der Waals surface area contributed by atoms with E-state index < -0.39 is 0 Å². The Balaban J connectivity index is 2.22. The van der Waals surface area contributed by atoms with E-state index in [1.165, 1.54) is 24.8 Å². The molecular formula is C11H19N. The highest BCUT2D eigenvalue weighted by Gasteiger charge is 1.99. The SMILES string of the molecule is CC[C@@H](C)NCC1=CCCC=C1. The molecular weight excluding hydrogens is 146 g/mol. The van der Waals surface area contributed by atoms with E-state index >= 15 is 0 Å². The van der Waals surface area contributed by atoms with Gasteiger partial charge in [-0.2, -0.15) is 0 Å². The van der Waals surface area contributed by atoms with Crippen LogP contribution in [0.2, 0.25) is 0 Å². The van der Waals surface area contributed by atoms with Crippen LogP contribution in [0.1, 0.15) is 33.1 Å². The second-order valence-electron chi connectivity index (χ2n) is 3.45. The molecule has 68 valence electrons. The van der Waals surface area contributed by atoms with Crippen LogP contribution in [0.25, 0.3) is 0 Å². The van der Waals surface area contributed by atoms with Gasteiger partial charge in [0.2, 0.25) is 0 Å². The second kappa shape index (κ2) is 5.15. The van der Waals surface area contributed by atoms with E-state index in [2.05, 4.69) is 37.4 Å². The van der Waals surface area contributed by atoms with E-state index in [4.69, 9.17) is 0 Å². The highest BCUT2D eigenvalue weighted by molar-refractivity contribution is 5.23. The summed E-state index contributed by atoms with van der Waals surface area (Å²) in [6, 6.07) is 0.640. The van der Waals surface area contributed by atoms with Crippen molar-refractivity contribution in [2.75, 3.05) is 6.54 Å². The smallest absolute Gasteiger partial charge is 0.0204 e. The zero-order valence-corrected chi connectivity index (χ0v) is 8.14. The van der Waals surface area contributed by atoms with Gasteiger partial charge >= 0.3 is 0 Å². The number of rotatable bonds is 4. The molecule has 0 aromatic carbocycles. The molecule has 1 rings (SSSR count). The minimum Gasteiger partial charge on any atom is -0.310 e. The first-order valence-corrected chi connectivity index (χ1v) is 4.92. The van der Waals surface area contributed by atoms with Crippen LogP contribution in [0.4, 0.5) is 0 Å². The van der Waals surface area contributed by atoms with Gasteiger partial charge < -0.3 is 5.32 Å². The lowest BCUT2D eigenvalue weighted by Crippen LogP contribution is -2.27. The average molecular weight is 165 g/mol. The highest BCUT2D eigenvalue weighted by atomic mass is 14.9. The Morgan fingerprint density at radius 3 is 2.92 bits per heavy atom. The molecule has 1 aliphatic rings. The van der Waals surface area contributed by atoms with Gasteiger partial charge in [0.25, 0.3) is 0 Å². The van der Waals surface area contributed by atoms with Crippen molar-refractivity contribution in [2.24, 2.45) is 0 Å². The maximum absolute atomic E-state index is 3.48. The fourth-order valence-corrected chi connectivity index (χ4v) is 1.24. The molecule has 1 N–H and O–H groups in total. The van der Waals surface area contributed by atoms with E-state index in [9.17, 15) is 0 Å². The maximum atomic E-state index is 3.48. The molecule has 1 aliphatic carbocycles. The molecule has 1 heteroatoms. The summed E-state index contributed by atoms with van der Waals surface area (Å²) >= 11 is 0. The molecule has 0 aromatic heterocycles. The zero-order chi connectivity index (χ0) is 8.81. The van der Waals surface area contributed by atoms with Crippen molar-refractivity contribution in [1.29, 1.82) is 0 Å². The van der Waals surface area contributed by atoms with Gasteiger partial charge in [-0.05, 0) is 31.8 Å². The maximum Gasteiger partial charge on any atom is 0.0204 e. The van der Waals surface area contributed by atoms with E-state index in [0.29, 0.717) is 6.04 Å². The zero-order valence-electron chi connectivity index (χ0n) is 8.14. The number of nitrogens with one attached hydrogen (secondary N) is 1. The van der Waals surface area contributed by atoms with Gasteiger partial charge in [-0.15, -0.1) is 0 Å². The van der Waals surface area contributed by atoms with Crippen molar-refractivity contribution < 1.29 is 0 Å². The van der Waals surface area contributed by atoms with Gasteiger partial charge in [0.05, 0.1) is 0 Å². The third-order valence-corrected chi connectivity index (χ3v) is 2.34. The molecule has 0 amide bonds. The Kier molecular flexibility index (Phi) is 4.09. The second-order valence-corrected chi connectivity index (χ2v) is 3.45. The quantitative estimate of drug-likeness (QED) is 0.675. The van der Waals surface area contributed by atoms with Crippen molar-refractivity contribution in [3.63, 3.8) is 0 Å². The van der Waals surface area contributed by atoms with Crippen molar-refractivity contribution in [3.05, 3.63) is 23.8 Å². The normalized spacial score (nSPS) is 19.0. The van der Waals surface area contributed by atoms with Crippen LogP contribution in [0, 0.1) is 0 Å². The molecule has 0 heterocycles. The van der Waals surface area contributed by atoms with Crippen LogP contribution in [0.5, 0.6) is 0 Å². The standard InChI is InChI=1S/C11H19N/c1-3-10(2)12-9-11-7-5-4-6-8-11/h5,7-8,10,12H,3-4,6,9H2,1-2H3/t10-/m1/s1. The minimum absolute atomic E-state index is 0.640. The lowest BCUT2D eigenvalue weighted by atomic mass is 10.1. The Morgan fingerprint density at radius 1 is 1.50 bits per heavy atom. The summed E-state index contributed by atoms with van der Waals surface area (Å²) in [4.78, 5) is 0. The van der Waals surface area contributed by atoms with Crippen LogP contribution < -0.4 is 5.32 Å². The van der Waals surface area contributed by atoms with Crippen LogP contribution in [-0.2, 0) is 0 Å². The molecule has 1 atom stereocenters. The number of allylic oxidation sites excluding steroid dienone is 2. The van der Waals surface area contributed by atoms with Gasteiger partial charge in [0.15, 0.2) is 0 Å². The molecule has 0 fully saturated rings. The summed E-state index contributed by atoms with van der Waals surface area (Å²) in [5.41, 5.74) is 1.45. The Morgan fingerprint density at radius 2 is 2.33 bits per heavy atom. The predicted octanol–water partition coefficient (Wildman–Crippen LogP) is 2.65. The van der Waals surface area contributed by atoms with E-state index in [1.807, 2.05) is 0 Å². The third kappa shape index (κ3) is 3.22. The summed E-state index contributed by atoms with van der Waals surface area (Å²) < 4.78 is 0. The molecule has 0 saturated heterocycles. The molecule has 12 heavy (non-hydrogen) atoms. The highest BCUT2D eigenvalue weighted by Crippen LogP contribution is 2.08. The Bertz CT molecular complexity index is 179. The molecule has 0 aromatic rings. The van der Waals surface area contributed by atoms with Crippen LogP contribution >= 0.6 is 0 Å². The largest absolute Gasteiger partial charge is 0.310 e. The van der Waals surface area contributed by atoms with E-state index in [0.717, 1.165) is 6.54 Å². The van der Waals surface area contributed by atoms with E-state index in [-0.39, 0.29) is 0 Å². The molecule has 0 unspecified atom stereocenters. The molecule has 0 saturated carbocycles. The molecule has 0 radical (unpaired) electrons. The monoisotopic (exact) mass is 165 g/mol. The number of hydrogen-bond donors (Lipinski definition) is 1. The van der Waals surface area contributed by atoms with Crippen molar-refractivity contribution in [3.8, 4) is 0 Å². The Hall–Kier alpha value is -0.560. The van der Waals surface area contributed by atoms with Gasteiger partial charge in [-0.25, -0.2) is 0 Å². The third-order valence-electron chi connectivity index (χ3n) is 2.34. The van der Waals surface area contributed by atoms with Crippen LogP contribution in [-0.4, -0.2) is 12.6 Å². The first-order chi connectivity index (χ1) is 5.83. The average Bonchev–Trinajstić information content (AvgIpc) is 2.16. The first-order valence-electron chi connectivity index (χ1n) is 4.92. The summed E-state index contributed by atoms with van der Waals surface area (Å²) in [7, 11) is 0. The van der Waals surface area contributed by atoms with Crippen LogP contribution in [0.3, 0.4) is 0 Å². The predicted molar refractivity (Wildman–Crippen MR) is 54.2 cm³/mol. The summed E-state index contributed by atoms with van der Waals surface area (Å²) in [6.07, 6.45) is 10.5. The summed E-state index contributed by atoms with van der Waals surface area (Å²) in [6.45, 7) is 5.47. The topological polar surface area (TPSA) is 12.0 Å². The fourth-order valence-electron chi connectivity index (χ4n) is 1.24. The van der Waals surface area contributed by atoms with Crippen LogP contribution in [0.15, 0.2) is 23.8 Å². The molecule has 1 nitrogen and oxygen atoms in total. The summed E-state index contributed by atoms with van der Waals surface area (Å²) in [5, 5.41) is 3.48. The molecule has 0 aliphatic heterocycles. The van der Waals surface area contributed by atoms with Gasteiger partial charge in [-0.3, -0.25) is 0 Å². The van der Waals surface area contributed by atoms with Gasteiger partial charge in [-0.1, -0.05) is 25.2 Å². The van der Waals surface area contributed by atoms with Gasteiger partial charge in [0, 0.05) is 12.6 Å². The lowest BCUT2D eigenvalue weighted by Gasteiger charge is -2.13. The first kappa shape index (κ1) is 9.53. The number of hydrogen-bond acceptors (Lipinski definition) is 1. The van der Waals surface area contributed by atoms with Crippen molar-refractivity contribution in [1.82, 2.24) is 5.32 Å². The van der Waals surface area contributed by atoms with Gasteiger partial charge in [0.1, 0.15) is 0 Å². The Labute approximate surface area is 75.6 Å². The molecule has 0 spiro atoms. The van der Waals surface area contributed by atoms with Crippen molar-refractivity contribution >= 4 is 0 Å². The van der Waals surface area contributed by atoms with Crippen molar-refractivity contribution in [2.45, 2.75) is 39.2 Å². The molecule has 0 bridgehead atoms. The fraction of sp³-hybridized carbons (Fsp3) is 0.636.